The van der Waals surface area contributed by atoms with Crippen LogP contribution < -0.4 is 9.80 Å². The molecule has 3 aliphatic rings. The minimum absolute atomic E-state index is 0.0545. The topological polar surface area (TPSA) is 6.48 Å². The van der Waals surface area contributed by atoms with E-state index >= 15 is 0 Å². The summed E-state index contributed by atoms with van der Waals surface area (Å²) in [6, 6.07) is 142. The van der Waals surface area contributed by atoms with Crippen molar-refractivity contribution in [1.29, 1.82) is 0 Å². The highest BCUT2D eigenvalue weighted by Crippen LogP contribution is 2.57. The van der Waals surface area contributed by atoms with Crippen LogP contribution in [-0.4, -0.2) is 0 Å². The normalized spacial score (nSPS) is 13.4. The third kappa shape index (κ3) is 11.5. The Morgan fingerprint density at radius 1 is 0.165 bits per heavy atom. The summed E-state index contributed by atoms with van der Waals surface area (Å²) < 4.78 is 0. The number of hydrogen-bond acceptors (Lipinski definition) is 2. The second-order valence-electron chi connectivity index (χ2n) is 31.1. The van der Waals surface area contributed by atoms with Crippen LogP contribution in [0.1, 0.15) is 74.9 Å². The van der Waals surface area contributed by atoms with E-state index in [-0.39, 0.29) is 16.2 Å². The maximum atomic E-state index is 2.42. The van der Waals surface area contributed by atoms with Crippen molar-refractivity contribution in [2.75, 3.05) is 9.80 Å². The van der Waals surface area contributed by atoms with E-state index in [1.807, 2.05) is 0 Å². The van der Waals surface area contributed by atoms with Gasteiger partial charge in [0.05, 0.1) is 0 Å². The van der Waals surface area contributed by atoms with Crippen LogP contribution in [0.3, 0.4) is 0 Å². The predicted octanol–water partition coefficient (Wildman–Crippen LogP) is 29.5. The maximum absolute atomic E-state index is 2.42. The Labute approximate surface area is 640 Å². The third-order valence-corrected chi connectivity index (χ3v) is 23.8. The van der Waals surface area contributed by atoms with Crippen LogP contribution in [0, 0.1) is 0 Å². The van der Waals surface area contributed by atoms with E-state index in [9.17, 15) is 0 Å². The first-order chi connectivity index (χ1) is 53.3. The van der Waals surface area contributed by atoms with Crippen molar-refractivity contribution in [2.45, 2.75) is 57.8 Å². The van der Waals surface area contributed by atoms with Gasteiger partial charge in [-0.2, -0.15) is 0 Å². The summed E-state index contributed by atoms with van der Waals surface area (Å²) in [4.78, 5) is 4.73. The number of anilines is 6. The minimum atomic E-state index is -0.0635. The second kappa shape index (κ2) is 26.7. The molecule has 0 bridgehead atoms. The molecule has 0 aliphatic heterocycles. The highest BCUT2D eigenvalue weighted by atomic mass is 15.1. The van der Waals surface area contributed by atoms with Crippen LogP contribution in [0.5, 0.6) is 0 Å². The lowest BCUT2D eigenvalue weighted by Gasteiger charge is -2.28. The molecule has 0 saturated heterocycles. The summed E-state index contributed by atoms with van der Waals surface area (Å²) in [5.41, 5.74) is 37.9. The SMILES string of the molecule is CC1(C)c2ccccc2-c2c1cc1ccccc1c2-c1ccc(-c2ccc(N(c3ccc(-c4ccccc4)cc3)c3ccc(-c4ccccc4)cc3)cc2)cc1.CC1(C)c2ccccc2-c2ccc(N(c3ccccc3)c3ccc(-c4ccc(-c5c6c(cc7ccccc57)C(C)(C)c5ccccc5-6)cc4)cc3)cc21. The number of rotatable bonds is 12. The van der Waals surface area contributed by atoms with Crippen LogP contribution >= 0.6 is 0 Å². The third-order valence-electron chi connectivity index (χ3n) is 23.8. The molecule has 0 unspecified atom stereocenters. The fourth-order valence-corrected chi connectivity index (χ4v) is 18.1. The minimum Gasteiger partial charge on any atom is -0.311 e. The lowest BCUT2D eigenvalue weighted by atomic mass is 9.80. The average molecular weight is 1400 g/mol. The number of nitrogens with zero attached hydrogens (tertiary/aromatic N) is 2. The molecule has 0 amide bonds. The first-order valence-electron chi connectivity index (χ1n) is 38.3. The Morgan fingerprint density at radius 2 is 0.422 bits per heavy atom. The summed E-state index contributed by atoms with van der Waals surface area (Å²) in [5, 5.41) is 5.18. The molecule has 2 nitrogen and oxygen atoms in total. The highest BCUT2D eigenvalue weighted by molar-refractivity contribution is 6.10. The Hall–Kier alpha value is -13.1. The number of benzene rings is 17. The number of hydrogen-bond donors (Lipinski definition) is 0. The summed E-state index contributed by atoms with van der Waals surface area (Å²) in [7, 11) is 0. The molecule has 0 heterocycles. The monoisotopic (exact) mass is 1390 g/mol. The van der Waals surface area contributed by atoms with Gasteiger partial charge in [0.25, 0.3) is 0 Å². The van der Waals surface area contributed by atoms with Gasteiger partial charge in [-0.25, -0.2) is 0 Å². The molecule has 520 valence electrons. The van der Waals surface area contributed by atoms with Crippen molar-refractivity contribution < 1.29 is 0 Å². The molecule has 0 aromatic heterocycles. The molecule has 3 aliphatic carbocycles. The average Bonchev–Trinajstić information content (AvgIpc) is 1.57. The molecule has 0 N–H and O–H groups in total. The van der Waals surface area contributed by atoms with Crippen molar-refractivity contribution in [3.63, 3.8) is 0 Å². The molecule has 0 saturated carbocycles. The van der Waals surface area contributed by atoms with Crippen molar-refractivity contribution in [3.8, 4) is 100 Å². The second-order valence-corrected chi connectivity index (χ2v) is 31.1. The fourth-order valence-electron chi connectivity index (χ4n) is 18.1. The van der Waals surface area contributed by atoms with Crippen molar-refractivity contribution in [2.24, 2.45) is 0 Å². The predicted molar refractivity (Wildman–Crippen MR) is 463 cm³/mol. The zero-order valence-electron chi connectivity index (χ0n) is 62.3. The zero-order valence-corrected chi connectivity index (χ0v) is 62.3. The van der Waals surface area contributed by atoms with Gasteiger partial charge in [-0.1, -0.05) is 345 Å². The van der Waals surface area contributed by atoms with Gasteiger partial charge in [-0.3, -0.25) is 0 Å². The van der Waals surface area contributed by atoms with Crippen molar-refractivity contribution in [1.82, 2.24) is 0 Å². The number of para-hydroxylation sites is 1. The van der Waals surface area contributed by atoms with E-state index in [0.717, 1.165) is 28.4 Å². The summed E-state index contributed by atoms with van der Waals surface area (Å²) >= 11 is 0. The van der Waals surface area contributed by atoms with Crippen LogP contribution in [0.2, 0.25) is 0 Å². The lowest BCUT2D eigenvalue weighted by Crippen LogP contribution is -2.16. The van der Waals surface area contributed by atoms with E-state index in [4.69, 9.17) is 0 Å². The smallest absolute Gasteiger partial charge is 0.0465 e. The molecule has 17 aromatic rings. The Morgan fingerprint density at radius 3 is 0.817 bits per heavy atom. The van der Waals surface area contributed by atoms with E-state index in [1.54, 1.807) is 0 Å². The molecule has 0 radical (unpaired) electrons. The summed E-state index contributed by atoms with van der Waals surface area (Å²) in [6.45, 7) is 14.2. The Balaban J connectivity index is 0.000000148. The molecule has 17 aromatic carbocycles. The quantitative estimate of drug-likeness (QED) is 0.120. The van der Waals surface area contributed by atoms with Gasteiger partial charge in [0.1, 0.15) is 0 Å². The highest BCUT2D eigenvalue weighted by Gasteiger charge is 2.40. The molecule has 0 fully saturated rings. The fraction of sp³-hybridized carbons (Fsp3) is 0.0841. The lowest BCUT2D eigenvalue weighted by molar-refractivity contribution is 0.660. The summed E-state index contributed by atoms with van der Waals surface area (Å²) in [6.07, 6.45) is 0. The molecule has 20 rings (SSSR count). The van der Waals surface area contributed by atoms with Gasteiger partial charge in [-0.05, 0) is 240 Å². The van der Waals surface area contributed by atoms with Crippen LogP contribution in [0.25, 0.3) is 122 Å². The number of fused-ring (bicyclic) bond motifs is 11. The standard InChI is InChI=1S/C55H41N.C52H41N/c1-55(2)51-20-12-11-19-50(51)54-52(55)37-45-17-9-10-18-49(45)53(54)44-23-21-40(22-24-44)43-29-35-48(36-30-43)56(46-31-25-41(26-32-46)38-13-5-3-6-14-38)47-33-27-42(28-34-47)39-15-7-4-8-16-39;1-51(2)45-20-12-10-18-42(45)43-31-30-40(33-47(43)51)53(38-15-6-5-7-16-38)39-28-26-35(27-29-39)34-22-24-36(25-23-34)49-41-17-9-8-14-37(41)32-48-50(49)44-19-11-13-21-46(44)52(48,3)4/h3-37H,1-2H3;5-33H,1-4H3. The Kier molecular flexibility index (Phi) is 16.3. The largest absolute Gasteiger partial charge is 0.311 e. The van der Waals surface area contributed by atoms with Crippen LogP contribution in [-0.2, 0) is 16.2 Å². The van der Waals surface area contributed by atoms with E-state index in [0.29, 0.717) is 0 Å². The molecule has 0 atom stereocenters. The molecule has 0 spiro atoms. The van der Waals surface area contributed by atoms with E-state index in [1.165, 1.54) is 161 Å². The van der Waals surface area contributed by atoms with E-state index < -0.39 is 0 Å². The molecular formula is C107H82N2. The van der Waals surface area contributed by atoms with E-state index in [2.05, 4.69) is 440 Å². The molecular weight excluding hydrogens is 1310 g/mol. The van der Waals surface area contributed by atoms with Gasteiger partial charge in [0.2, 0.25) is 0 Å². The van der Waals surface area contributed by atoms with Gasteiger partial charge >= 0.3 is 0 Å². The first-order valence-corrected chi connectivity index (χ1v) is 38.3. The summed E-state index contributed by atoms with van der Waals surface area (Å²) in [5.74, 6) is 0. The Bertz CT molecular complexity index is 6210. The van der Waals surface area contributed by atoms with Gasteiger partial charge < -0.3 is 9.80 Å². The van der Waals surface area contributed by atoms with Gasteiger partial charge in [-0.15, -0.1) is 0 Å². The van der Waals surface area contributed by atoms with Gasteiger partial charge in [0.15, 0.2) is 0 Å². The first kappa shape index (κ1) is 66.5. The van der Waals surface area contributed by atoms with Crippen molar-refractivity contribution >= 4 is 55.7 Å². The molecule has 2 heteroatoms. The van der Waals surface area contributed by atoms with Crippen LogP contribution in [0.15, 0.2) is 388 Å². The van der Waals surface area contributed by atoms with Crippen LogP contribution in [0.4, 0.5) is 34.1 Å². The van der Waals surface area contributed by atoms with Crippen molar-refractivity contribution in [3.05, 3.63) is 422 Å². The zero-order chi connectivity index (χ0) is 73.5. The van der Waals surface area contributed by atoms with Gasteiger partial charge in [0, 0.05) is 50.4 Å². The maximum Gasteiger partial charge on any atom is 0.0465 e. The molecule has 109 heavy (non-hydrogen) atoms.